The Balaban J connectivity index is 1.92. The molecule has 1 N–H and O–H groups in total. The average Bonchev–Trinajstić information content (AvgIpc) is 2.32. The van der Waals surface area contributed by atoms with Crippen molar-refractivity contribution in [3.8, 4) is 0 Å². The summed E-state index contributed by atoms with van der Waals surface area (Å²) in [5.74, 6) is 0.475. The number of allylic oxidation sites excluding steroid dienone is 1. The lowest BCUT2D eigenvalue weighted by Gasteiger charge is -2.60. The molecular weight excluding hydrogens is 228 g/mol. The Morgan fingerprint density at radius 1 is 1.50 bits per heavy atom. The van der Waals surface area contributed by atoms with Gasteiger partial charge in [-0.2, -0.15) is 0 Å². The fraction of sp³-hybridized carbons (Fsp3) is 0.867. The first-order chi connectivity index (χ1) is 8.60. The topological polar surface area (TPSA) is 38.7 Å². The summed E-state index contributed by atoms with van der Waals surface area (Å²) in [4.78, 5) is 0. The molecule has 3 nitrogen and oxygen atoms in total. The maximum absolute atomic E-state index is 11.0. The monoisotopic (exact) mass is 252 g/mol. The zero-order valence-electron chi connectivity index (χ0n) is 11.4. The number of rotatable bonds is 2. The molecule has 1 saturated carbocycles. The fourth-order valence-corrected chi connectivity index (χ4v) is 4.27. The number of ether oxygens (including phenoxy) is 2. The third-order valence-corrected chi connectivity index (χ3v) is 5.43. The SMILES string of the molecule is CCOC1C[C@@H]2CC=C[C@@]3(O)CCC[C@H](O1)[C@]23C. The molecule has 0 aromatic rings. The van der Waals surface area contributed by atoms with E-state index >= 15 is 0 Å². The van der Waals surface area contributed by atoms with E-state index in [0.717, 1.165) is 32.1 Å². The van der Waals surface area contributed by atoms with Gasteiger partial charge in [-0.05, 0) is 38.5 Å². The van der Waals surface area contributed by atoms with E-state index in [2.05, 4.69) is 13.0 Å². The minimum Gasteiger partial charge on any atom is -0.385 e. The normalized spacial score (nSPS) is 50.9. The summed E-state index contributed by atoms with van der Waals surface area (Å²) >= 11 is 0. The van der Waals surface area contributed by atoms with Crippen molar-refractivity contribution in [1.29, 1.82) is 0 Å². The molecule has 2 fully saturated rings. The molecule has 0 aromatic heterocycles. The van der Waals surface area contributed by atoms with Crippen LogP contribution in [0.1, 0.15) is 46.0 Å². The Labute approximate surface area is 109 Å². The van der Waals surface area contributed by atoms with E-state index in [-0.39, 0.29) is 17.8 Å². The van der Waals surface area contributed by atoms with Crippen LogP contribution in [-0.2, 0) is 9.47 Å². The molecule has 18 heavy (non-hydrogen) atoms. The van der Waals surface area contributed by atoms with Gasteiger partial charge in [-0.3, -0.25) is 0 Å². The summed E-state index contributed by atoms with van der Waals surface area (Å²) in [7, 11) is 0. The molecule has 0 amide bonds. The van der Waals surface area contributed by atoms with Gasteiger partial charge in [0.25, 0.3) is 0 Å². The first-order valence-corrected chi connectivity index (χ1v) is 7.27. The van der Waals surface area contributed by atoms with Crippen LogP contribution >= 0.6 is 0 Å². The van der Waals surface area contributed by atoms with Gasteiger partial charge in [-0.15, -0.1) is 0 Å². The van der Waals surface area contributed by atoms with Crippen molar-refractivity contribution in [3.05, 3.63) is 12.2 Å². The van der Waals surface area contributed by atoms with E-state index in [1.807, 2.05) is 13.0 Å². The van der Waals surface area contributed by atoms with E-state index in [9.17, 15) is 5.11 Å². The maximum atomic E-state index is 11.0. The second kappa shape index (κ2) is 4.32. The molecule has 0 bridgehead atoms. The van der Waals surface area contributed by atoms with E-state index in [1.54, 1.807) is 0 Å². The number of hydrogen-bond donors (Lipinski definition) is 1. The van der Waals surface area contributed by atoms with Crippen molar-refractivity contribution in [2.24, 2.45) is 11.3 Å². The summed E-state index contributed by atoms with van der Waals surface area (Å²) in [6.07, 6.45) is 9.15. The highest BCUT2D eigenvalue weighted by Gasteiger charge is 2.61. The number of aliphatic hydroxyl groups is 1. The van der Waals surface area contributed by atoms with Crippen LogP contribution in [-0.4, -0.2) is 29.7 Å². The minimum atomic E-state index is -0.671. The Kier molecular flexibility index (Phi) is 3.04. The molecule has 1 heterocycles. The van der Waals surface area contributed by atoms with Crippen molar-refractivity contribution in [2.75, 3.05) is 6.61 Å². The fourth-order valence-electron chi connectivity index (χ4n) is 4.27. The quantitative estimate of drug-likeness (QED) is 0.768. The Morgan fingerprint density at radius 2 is 2.33 bits per heavy atom. The Hall–Kier alpha value is -0.380. The zero-order valence-corrected chi connectivity index (χ0v) is 11.4. The van der Waals surface area contributed by atoms with Gasteiger partial charge in [0, 0.05) is 18.4 Å². The first-order valence-electron chi connectivity index (χ1n) is 7.27. The van der Waals surface area contributed by atoms with Crippen molar-refractivity contribution in [3.63, 3.8) is 0 Å². The summed E-state index contributed by atoms with van der Waals surface area (Å²) < 4.78 is 11.8. The maximum Gasteiger partial charge on any atom is 0.158 e. The van der Waals surface area contributed by atoms with Crippen LogP contribution < -0.4 is 0 Å². The van der Waals surface area contributed by atoms with Gasteiger partial charge >= 0.3 is 0 Å². The highest BCUT2D eigenvalue weighted by molar-refractivity contribution is 5.21. The van der Waals surface area contributed by atoms with Crippen LogP contribution in [0.5, 0.6) is 0 Å². The Bertz CT molecular complexity index is 354. The summed E-state index contributed by atoms with van der Waals surface area (Å²) in [6.45, 7) is 4.92. The van der Waals surface area contributed by atoms with Crippen molar-refractivity contribution in [2.45, 2.75) is 63.9 Å². The zero-order chi connectivity index (χ0) is 12.8. The molecule has 1 unspecified atom stereocenters. The average molecular weight is 252 g/mol. The predicted molar refractivity (Wildman–Crippen MR) is 69.1 cm³/mol. The van der Waals surface area contributed by atoms with Crippen LogP contribution in [0.2, 0.25) is 0 Å². The molecule has 0 radical (unpaired) electrons. The van der Waals surface area contributed by atoms with E-state index in [0.29, 0.717) is 12.5 Å². The van der Waals surface area contributed by atoms with Gasteiger partial charge in [0.2, 0.25) is 0 Å². The molecule has 1 saturated heterocycles. The molecular formula is C15H24O3. The van der Waals surface area contributed by atoms with E-state index < -0.39 is 5.60 Å². The first kappa shape index (κ1) is 12.6. The lowest BCUT2D eigenvalue weighted by molar-refractivity contribution is -0.292. The third kappa shape index (κ3) is 1.60. The van der Waals surface area contributed by atoms with Crippen molar-refractivity contribution < 1.29 is 14.6 Å². The van der Waals surface area contributed by atoms with E-state index in [4.69, 9.17) is 9.47 Å². The van der Waals surface area contributed by atoms with Gasteiger partial charge in [-0.25, -0.2) is 0 Å². The van der Waals surface area contributed by atoms with Gasteiger partial charge in [-0.1, -0.05) is 19.1 Å². The predicted octanol–water partition coefficient (Wildman–Crippen LogP) is 2.64. The van der Waals surface area contributed by atoms with Gasteiger partial charge in [0.1, 0.15) is 0 Å². The molecule has 3 aliphatic rings. The van der Waals surface area contributed by atoms with Crippen LogP contribution in [0.4, 0.5) is 0 Å². The van der Waals surface area contributed by atoms with Gasteiger partial charge in [0.05, 0.1) is 11.7 Å². The standard InChI is InChI=1S/C15H24O3/c1-3-17-13-10-11-6-4-8-15(16)9-5-7-12(18-13)14(11,15)2/h4,8,11-13,16H,3,5-7,9-10H2,1-2H3/t11-,12-,13?,14-,15+/m0/s1. The van der Waals surface area contributed by atoms with Crippen molar-refractivity contribution in [1.82, 2.24) is 0 Å². The van der Waals surface area contributed by atoms with Crippen molar-refractivity contribution >= 4 is 0 Å². The van der Waals surface area contributed by atoms with Gasteiger partial charge < -0.3 is 14.6 Å². The second-order valence-corrected chi connectivity index (χ2v) is 6.18. The minimum absolute atomic E-state index is 0.0769. The van der Waals surface area contributed by atoms with Crippen LogP contribution in [0.15, 0.2) is 12.2 Å². The lowest BCUT2D eigenvalue weighted by Crippen LogP contribution is -2.64. The Morgan fingerprint density at radius 3 is 3.11 bits per heavy atom. The van der Waals surface area contributed by atoms with Crippen LogP contribution in [0, 0.1) is 11.3 Å². The molecule has 3 heteroatoms. The molecule has 3 rings (SSSR count). The largest absolute Gasteiger partial charge is 0.385 e. The highest BCUT2D eigenvalue weighted by Crippen LogP contribution is 2.58. The molecule has 1 aliphatic heterocycles. The summed E-state index contributed by atoms with van der Waals surface area (Å²) in [5.41, 5.74) is -0.802. The lowest BCUT2D eigenvalue weighted by atomic mass is 9.52. The molecule has 0 spiro atoms. The second-order valence-electron chi connectivity index (χ2n) is 6.18. The third-order valence-electron chi connectivity index (χ3n) is 5.43. The summed E-state index contributed by atoms with van der Waals surface area (Å²) in [5, 5.41) is 11.0. The molecule has 0 aromatic carbocycles. The molecule has 102 valence electrons. The molecule has 5 atom stereocenters. The highest BCUT2D eigenvalue weighted by atomic mass is 16.7. The molecule has 2 aliphatic carbocycles. The van der Waals surface area contributed by atoms with Crippen LogP contribution in [0.25, 0.3) is 0 Å². The summed E-state index contributed by atoms with van der Waals surface area (Å²) in [6, 6.07) is 0. The van der Waals surface area contributed by atoms with E-state index in [1.165, 1.54) is 0 Å². The smallest absolute Gasteiger partial charge is 0.158 e. The van der Waals surface area contributed by atoms with Crippen LogP contribution in [0.3, 0.4) is 0 Å². The number of hydrogen-bond acceptors (Lipinski definition) is 3. The van der Waals surface area contributed by atoms with Gasteiger partial charge in [0.15, 0.2) is 6.29 Å².